The van der Waals surface area contributed by atoms with Crippen molar-refractivity contribution in [2.75, 3.05) is 26.1 Å². The van der Waals surface area contributed by atoms with Gasteiger partial charge in [0.05, 0.1) is 24.8 Å². The van der Waals surface area contributed by atoms with E-state index in [0.717, 1.165) is 22.5 Å². The van der Waals surface area contributed by atoms with Crippen molar-refractivity contribution < 1.29 is 22.7 Å². The largest absolute Gasteiger partial charge is 0.493 e. The maximum absolute atomic E-state index is 12.6. The third-order valence-corrected chi connectivity index (χ3v) is 6.91. The number of methoxy groups -OCH3 is 2. The minimum Gasteiger partial charge on any atom is -0.493 e. The van der Waals surface area contributed by atoms with Crippen molar-refractivity contribution in [1.29, 1.82) is 0 Å². The van der Waals surface area contributed by atoms with Gasteiger partial charge in [-0.1, -0.05) is 18.2 Å². The van der Waals surface area contributed by atoms with Gasteiger partial charge in [0.2, 0.25) is 15.9 Å². The van der Waals surface area contributed by atoms with E-state index in [-0.39, 0.29) is 23.8 Å². The van der Waals surface area contributed by atoms with Crippen LogP contribution in [0.1, 0.15) is 12.0 Å². The lowest BCUT2D eigenvalue weighted by Crippen LogP contribution is -2.27. The Morgan fingerprint density at radius 2 is 1.77 bits per heavy atom. The molecular formula is C25H26N4O5S. The molecule has 0 radical (unpaired) electrons. The number of aryl methyl sites for hydroxylation is 1. The summed E-state index contributed by atoms with van der Waals surface area (Å²) in [5.74, 6) is 0.416. The van der Waals surface area contributed by atoms with E-state index < -0.39 is 10.0 Å². The molecule has 0 aliphatic heterocycles. The molecule has 182 valence electrons. The topological polar surface area (TPSA) is 111 Å². The number of carbonyl (C=O) groups is 1. The fraction of sp³-hybridized carbons (Fsp3) is 0.200. The highest BCUT2D eigenvalue weighted by Crippen LogP contribution is 2.29. The Kier molecular flexibility index (Phi) is 7.04. The van der Waals surface area contributed by atoms with Gasteiger partial charge >= 0.3 is 0 Å². The zero-order valence-corrected chi connectivity index (χ0v) is 20.4. The highest BCUT2D eigenvalue weighted by atomic mass is 32.2. The molecule has 2 aromatic heterocycles. The van der Waals surface area contributed by atoms with Crippen LogP contribution in [-0.2, 0) is 14.8 Å². The van der Waals surface area contributed by atoms with E-state index in [9.17, 15) is 13.2 Å². The molecule has 2 aromatic carbocycles. The lowest BCUT2D eigenvalue weighted by atomic mass is 10.1. The number of imidazole rings is 1. The molecule has 0 aliphatic carbocycles. The van der Waals surface area contributed by atoms with Crippen molar-refractivity contribution in [1.82, 2.24) is 14.1 Å². The summed E-state index contributed by atoms with van der Waals surface area (Å²) in [6.07, 6.45) is 3.88. The number of nitrogens with zero attached hydrogens (tertiary/aromatic N) is 2. The van der Waals surface area contributed by atoms with Crippen LogP contribution in [-0.4, -0.2) is 44.5 Å². The number of benzene rings is 2. The number of fused-ring (bicyclic) bond motifs is 1. The van der Waals surface area contributed by atoms with Crippen molar-refractivity contribution in [3.05, 3.63) is 72.6 Å². The van der Waals surface area contributed by atoms with Gasteiger partial charge in [-0.3, -0.25) is 4.79 Å². The number of amides is 1. The van der Waals surface area contributed by atoms with Crippen molar-refractivity contribution in [2.45, 2.75) is 18.2 Å². The van der Waals surface area contributed by atoms with Gasteiger partial charge in [-0.05, 0) is 42.8 Å². The monoisotopic (exact) mass is 494 g/mol. The number of sulfonamides is 1. The van der Waals surface area contributed by atoms with Crippen molar-refractivity contribution >= 4 is 27.3 Å². The second-order valence-electron chi connectivity index (χ2n) is 7.84. The Hall–Kier alpha value is -3.89. The smallest absolute Gasteiger partial charge is 0.240 e. The van der Waals surface area contributed by atoms with Gasteiger partial charge < -0.3 is 19.2 Å². The second kappa shape index (κ2) is 10.2. The van der Waals surface area contributed by atoms with Gasteiger partial charge in [-0.15, -0.1) is 0 Å². The molecule has 0 aliphatic rings. The summed E-state index contributed by atoms with van der Waals surface area (Å²) >= 11 is 0. The molecule has 0 atom stereocenters. The van der Waals surface area contributed by atoms with Crippen LogP contribution < -0.4 is 19.5 Å². The summed E-state index contributed by atoms with van der Waals surface area (Å²) in [4.78, 5) is 17.0. The number of carbonyl (C=O) groups excluding carboxylic acids is 1. The van der Waals surface area contributed by atoms with Gasteiger partial charge in [0.15, 0.2) is 11.5 Å². The number of anilines is 1. The molecule has 2 N–H and O–H groups in total. The molecular weight excluding hydrogens is 468 g/mol. The fourth-order valence-corrected chi connectivity index (χ4v) is 4.65. The molecule has 1 amide bonds. The highest BCUT2D eigenvalue weighted by molar-refractivity contribution is 7.89. The van der Waals surface area contributed by atoms with Crippen LogP contribution in [0.2, 0.25) is 0 Å². The van der Waals surface area contributed by atoms with Crippen LogP contribution >= 0.6 is 0 Å². The normalized spacial score (nSPS) is 11.4. The summed E-state index contributed by atoms with van der Waals surface area (Å²) in [5.41, 5.74) is 4.36. The quantitative estimate of drug-likeness (QED) is 0.368. The minimum absolute atomic E-state index is 0.0216. The number of nitrogens with one attached hydrogen (secondary N) is 2. The lowest BCUT2D eigenvalue weighted by Gasteiger charge is -2.11. The average Bonchev–Trinajstić information content (AvgIpc) is 3.29. The lowest BCUT2D eigenvalue weighted by molar-refractivity contribution is -0.116. The van der Waals surface area contributed by atoms with Crippen molar-refractivity contribution in [3.63, 3.8) is 0 Å². The van der Waals surface area contributed by atoms with Crippen molar-refractivity contribution in [2.24, 2.45) is 0 Å². The molecule has 0 saturated carbocycles. The first-order valence-electron chi connectivity index (χ1n) is 10.9. The van der Waals surface area contributed by atoms with Gasteiger partial charge in [-0.25, -0.2) is 18.1 Å². The van der Waals surface area contributed by atoms with E-state index in [0.29, 0.717) is 17.2 Å². The zero-order chi connectivity index (χ0) is 25.0. The molecule has 4 rings (SSSR count). The third-order valence-electron chi connectivity index (χ3n) is 5.45. The van der Waals surface area contributed by atoms with Crippen LogP contribution in [0.4, 0.5) is 5.69 Å². The Labute approximate surface area is 203 Å². The van der Waals surface area contributed by atoms with Crippen LogP contribution in [0.25, 0.3) is 16.9 Å². The number of hydrogen-bond donors (Lipinski definition) is 2. The van der Waals surface area contributed by atoms with Gasteiger partial charge in [0.1, 0.15) is 5.65 Å². The zero-order valence-electron chi connectivity index (χ0n) is 19.6. The number of rotatable bonds is 9. The van der Waals surface area contributed by atoms with Crippen LogP contribution in [0, 0.1) is 6.92 Å². The van der Waals surface area contributed by atoms with Crippen LogP contribution in [0.15, 0.2) is 71.9 Å². The number of ether oxygens (including phenoxy) is 2. The maximum Gasteiger partial charge on any atom is 0.240 e. The summed E-state index contributed by atoms with van der Waals surface area (Å²) < 4.78 is 39.8. The molecule has 4 aromatic rings. The van der Waals surface area contributed by atoms with E-state index in [1.807, 2.05) is 48.0 Å². The highest BCUT2D eigenvalue weighted by Gasteiger charge is 2.17. The minimum atomic E-state index is -3.81. The first-order valence-corrected chi connectivity index (χ1v) is 12.4. The average molecular weight is 495 g/mol. The standard InChI is InChI=1S/C25H26N4O5S/c1-17-5-4-14-29-16-21(28-25(17)29)18-6-8-19(9-7-18)27-24(30)12-13-26-35(31,32)20-10-11-22(33-2)23(15-20)34-3/h4-11,14-16,26H,12-13H2,1-3H3,(H,27,30). The number of pyridine rings is 1. The Morgan fingerprint density at radius 1 is 1.03 bits per heavy atom. The van der Waals surface area contributed by atoms with Crippen LogP contribution in [0.3, 0.4) is 0 Å². The van der Waals surface area contributed by atoms with E-state index in [2.05, 4.69) is 15.0 Å². The molecule has 2 heterocycles. The van der Waals surface area contributed by atoms with E-state index >= 15 is 0 Å². The molecule has 0 spiro atoms. The van der Waals surface area contributed by atoms with Gasteiger partial charge in [-0.2, -0.15) is 0 Å². The number of hydrogen-bond acceptors (Lipinski definition) is 6. The predicted octanol–water partition coefficient (Wildman–Crippen LogP) is 3.63. The van der Waals surface area contributed by atoms with Gasteiger partial charge in [0.25, 0.3) is 0 Å². The first-order chi connectivity index (χ1) is 16.8. The molecule has 9 nitrogen and oxygen atoms in total. The third kappa shape index (κ3) is 5.44. The SMILES string of the molecule is COc1ccc(S(=O)(=O)NCCC(=O)Nc2ccc(-c3cn4cccc(C)c4n3)cc2)cc1OC. The van der Waals surface area contributed by atoms with E-state index in [1.54, 1.807) is 12.1 Å². The maximum atomic E-state index is 12.6. The Balaban J connectivity index is 1.33. The van der Waals surface area contributed by atoms with E-state index in [4.69, 9.17) is 9.47 Å². The summed E-state index contributed by atoms with van der Waals surface area (Å²) in [5, 5.41) is 2.78. The molecule has 0 saturated heterocycles. The number of aromatic nitrogens is 2. The summed E-state index contributed by atoms with van der Waals surface area (Å²) in [6, 6.07) is 15.6. The Bertz CT molecular complexity index is 1460. The molecule has 10 heteroatoms. The Morgan fingerprint density at radius 3 is 2.46 bits per heavy atom. The first kappa shape index (κ1) is 24.2. The molecule has 0 bridgehead atoms. The second-order valence-corrected chi connectivity index (χ2v) is 9.61. The molecule has 0 unspecified atom stereocenters. The predicted molar refractivity (Wildman–Crippen MR) is 133 cm³/mol. The van der Waals surface area contributed by atoms with Crippen molar-refractivity contribution in [3.8, 4) is 22.8 Å². The fourth-order valence-electron chi connectivity index (χ4n) is 3.61. The summed E-state index contributed by atoms with van der Waals surface area (Å²) in [6.45, 7) is 1.96. The van der Waals surface area contributed by atoms with Gasteiger partial charge in [0, 0.05) is 42.7 Å². The summed E-state index contributed by atoms with van der Waals surface area (Å²) in [7, 11) is -0.915. The van der Waals surface area contributed by atoms with E-state index in [1.165, 1.54) is 32.4 Å². The van der Waals surface area contributed by atoms with Crippen LogP contribution in [0.5, 0.6) is 11.5 Å². The molecule has 0 fully saturated rings. The molecule has 35 heavy (non-hydrogen) atoms.